The Kier molecular flexibility index (Phi) is 3.13. The van der Waals surface area contributed by atoms with Crippen molar-refractivity contribution in [1.29, 1.82) is 0 Å². The zero-order chi connectivity index (χ0) is 10.1. The average molecular weight is 197 g/mol. The SMILES string of the molecule is CC1CCC(O)C(N2CCC(C)C2)C1. The Balaban J connectivity index is 1.94. The van der Waals surface area contributed by atoms with Crippen LogP contribution >= 0.6 is 0 Å². The smallest absolute Gasteiger partial charge is 0.0695 e. The maximum Gasteiger partial charge on any atom is 0.0695 e. The quantitative estimate of drug-likeness (QED) is 0.694. The van der Waals surface area contributed by atoms with E-state index in [9.17, 15) is 5.11 Å². The molecule has 4 atom stereocenters. The minimum absolute atomic E-state index is 0.0588. The maximum absolute atomic E-state index is 9.99. The van der Waals surface area contributed by atoms with E-state index >= 15 is 0 Å². The Morgan fingerprint density at radius 3 is 2.50 bits per heavy atom. The third-order valence-corrected chi connectivity index (χ3v) is 3.97. The summed E-state index contributed by atoms with van der Waals surface area (Å²) in [4.78, 5) is 2.52. The fraction of sp³-hybridized carbons (Fsp3) is 1.00. The van der Waals surface area contributed by atoms with Gasteiger partial charge in [-0.1, -0.05) is 13.8 Å². The zero-order valence-electron chi connectivity index (χ0n) is 9.45. The second-order valence-corrected chi connectivity index (χ2v) is 5.44. The fourth-order valence-corrected chi connectivity index (χ4v) is 3.00. The van der Waals surface area contributed by atoms with Crippen molar-refractivity contribution in [3.8, 4) is 0 Å². The molecule has 2 rings (SSSR count). The van der Waals surface area contributed by atoms with Crippen LogP contribution in [0.1, 0.15) is 39.5 Å². The number of likely N-dealkylation sites (tertiary alicyclic amines) is 1. The molecule has 2 aliphatic rings. The maximum atomic E-state index is 9.99. The summed E-state index contributed by atoms with van der Waals surface area (Å²) in [5.41, 5.74) is 0. The number of aliphatic hydroxyl groups is 1. The molecule has 1 heterocycles. The van der Waals surface area contributed by atoms with Gasteiger partial charge in [0, 0.05) is 12.6 Å². The average Bonchev–Trinajstić information content (AvgIpc) is 2.56. The van der Waals surface area contributed by atoms with Crippen LogP contribution in [0.2, 0.25) is 0 Å². The molecular weight excluding hydrogens is 174 g/mol. The first-order chi connectivity index (χ1) is 6.66. The van der Waals surface area contributed by atoms with Gasteiger partial charge in [0.05, 0.1) is 6.10 Å². The molecule has 0 aromatic carbocycles. The molecule has 1 aliphatic carbocycles. The van der Waals surface area contributed by atoms with Crippen molar-refractivity contribution >= 4 is 0 Å². The van der Waals surface area contributed by atoms with E-state index in [1.54, 1.807) is 0 Å². The second kappa shape index (κ2) is 4.19. The highest BCUT2D eigenvalue weighted by molar-refractivity contribution is 4.88. The molecule has 0 aromatic heterocycles. The summed E-state index contributed by atoms with van der Waals surface area (Å²) in [7, 11) is 0. The van der Waals surface area contributed by atoms with Crippen molar-refractivity contribution in [3.05, 3.63) is 0 Å². The van der Waals surface area contributed by atoms with Crippen LogP contribution in [-0.2, 0) is 0 Å². The van der Waals surface area contributed by atoms with E-state index in [2.05, 4.69) is 18.7 Å². The molecule has 2 heteroatoms. The van der Waals surface area contributed by atoms with Crippen LogP contribution in [-0.4, -0.2) is 35.2 Å². The Morgan fingerprint density at radius 2 is 1.86 bits per heavy atom. The second-order valence-electron chi connectivity index (χ2n) is 5.44. The summed E-state index contributed by atoms with van der Waals surface area (Å²) in [6, 6.07) is 0.462. The lowest BCUT2D eigenvalue weighted by atomic mass is 9.84. The van der Waals surface area contributed by atoms with Crippen molar-refractivity contribution in [3.63, 3.8) is 0 Å². The van der Waals surface area contributed by atoms with Crippen LogP contribution in [0.15, 0.2) is 0 Å². The lowest BCUT2D eigenvalue weighted by molar-refractivity contribution is 0.0148. The normalized spacial score (nSPS) is 45.6. The molecule has 2 fully saturated rings. The van der Waals surface area contributed by atoms with Gasteiger partial charge in [0.25, 0.3) is 0 Å². The summed E-state index contributed by atoms with van der Waals surface area (Å²) >= 11 is 0. The highest BCUT2D eigenvalue weighted by atomic mass is 16.3. The number of rotatable bonds is 1. The first-order valence-electron chi connectivity index (χ1n) is 6.09. The lowest BCUT2D eigenvalue weighted by Crippen LogP contribution is -2.45. The number of hydrogen-bond acceptors (Lipinski definition) is 2. The van der Waals surface area contributed by atoms with Crippen molar-refractivity contribution < 1.29 is 5.11 Å². The van der Waals surface area contributed by atoms with E-state index in [0.717, 1.165) is 18.3 Å². The van der Waals surface area contributed by atoms with Gasteiger partial charge in [0.2, 0.25) is 0 Å². The van der Waals surface area contributed by atoms with Crippen LogP contribution in [0.5, 0.6) is 0 Å². The first kappa shape index (κ1) is 10.4. The van der Waals surface area contributed by atoms with Crippen molar-refractivity contribution in [1.82, 2.24) is 4.90 Å². The lowest BCUT2D eigenvalue weighted by Gasteiger charge is -2.37. The zero-order valence-corrected chi connectivity index (χ0v) is 9.45. The highest BCUT2D eigenvalue weighted by Crippen LogP contribution is 2.30. The molecule has 82 valence electrons. The Hall–Kier alpha value is -0.0800. The molecule has 1 saturated carbocycles. The molecule has 0 radical (unpaired) electrons. The molecule has 1 saturated heterocycles. The van der Waals surface area contributed by atoms with Gasteiger partial charge in [-0.05, 0) is 44.1 Å². The van der Waals surface area contributed by atoms with Gasteiger partial charge in [-0.15, -0.1) is 0 Å². The molecule has 0 spiro atoms. The van der Waals surface area contributed by atoms with Gasteiger partial charge < -0.3 is 5.11 Å². The molecule has 0 bridgehead atoms. The van der Waals surface area contributed by atoms with Crippen LogP contribution in [0, 0.1) is 11.8 Å². The van der Waals surface area contributed by atoms with Gasteiger partial charge >= 0.3 is 0 Å². The number of hydrogen-bond donors (Lipinski definition) is 1. The summed E-state index contributed by atoms with van der Waals surface area (Å²) in [5.74, 6) is 1.64. The molecule has 2 nitrogen and oxygen atoms in total. The Bertz CT molecular complexity index is 195. The van der Waals surface area contributed by atoms with Crippen molar-refractivity contribution in [2.45, 2.75) is 51.7 Å². The van der Waals surface area contributed by atoms with Crippen LogP contribution in [0.4, 0.5) is 0 Å². The van der Waals surface area contributed by atoms with Gasteiger partial charge in [0.15, 0.2) is 0 Å². The Morgan fingerprint density at radius 1 is 1.07 bits per heavy atom. The van der Waals surface area contributed by atoms with E-state index in [-0.39, 0.29) is 6.10 Å². The molecule has 1 N–H and O–H groups in total. The van der Waals surface area contributed by atoms with E-state index < -0.39 is 0 Å². The molecule has 0 amide bonds. The minimum atomic E-state index is -0.0588. The van der Waals surface area contributed by atoms with Crippen molar-refractivity contribution in [2.24, 2.45) is 11.8 Å². The van der Waals surface area contributed by atoms with Gasteiger partial charge in [-0.2, -0.15) is 0 Å². The number of nitrogens with zero attached hydrogens (tertiary/aromatic N) is 1. The standard InChI is InChI=1S/C12H23NO/c1-9-3-4-12(14)11(7-9)13-6-5-10(2)8-13/h9-12,14H,3-8H2,1-2H3. The van der Waals surface area contributed by atoms with Gasteiger partial charge in [-0.25, -0.2) is 0 Å². The van der Waals surface area contributed by atoms with E-state index in [4.69, 9.17) is 0 Å². The third-order valence-electron chi connectivity index (χ3n) is 3.97. The summed E-state index contributed by atoms with van der Waals surface area (Å²) in [6.45, 7) is 7.04. The predicted octanol–water partition coefficient (Wildman–Crippen LogP) is 1.88. The first-order valence-corrected chi connectivity index (χ1v) is 6.09. The fourth-order valence-electron chi connectivity index (χ4n) is 3.00. The van der Waals surface area contributed by atoms with Crippen LogP contribution in [0.3, 0.4) is 0 Å². The summed E-state index contributed by atoms with van der Waals surface area (Å²) in [6.07, 6.45) is 4.68. The molecule has 14 heavy (non-hydrogen) atoms. The predicted molar refractivity (Wildman–Crippen MR) is 58.2 cm³/mol. The number of aliphatic hydroxyl groups excluding tert-OH is 1. The molecule has 4 unspecified atom stereocenters. The highest BCUT2D eigenvalue weighted by Gasteiger charge is 2.34. The minimum Gasteiger partial charge on any atom is -0.391 e. The van der Waals surface area contributed by atoms with Gasteiger partial charge in [0.1, 0.15) is 0 Å². The summed E-state index contributed by atoms with van der Waals surface area (Å²) < 4.78 is 0. The molecule has 1 aliphatic heterocycles. The molecule has 0 aromatic rings. The molecular formula is C12H23NO. The van der Waals surface area contributed by atoms with E-state index in [1.807, 2.05) is 0 Å². The largest absolute Gasteiger partial charge is 0.391 e. The van der Waals surface area contributed by atoms with Crippen LogP contribution < -0.4 is 0 Å². The van der Waals surface area contributed by atoms with Crippen LogP contribution in [0.25, 0.3) is 0 Å². The monoisotopic (exact) mass is 197 g/mol. The van der Waals surface area contributed by atoms with Gasteiger partial charge in [-0.3, -0.25) is 4.90 Å². The topological polar surface area (TPSA) is 23.5 Å². The van der Waals surface area contributed by atoms with E-state index in [1.165, 1.54) is 32.4 Å². The Labute approximate surface area is 87.3 Å². The van der Waals surface area contributed by atoms with Crippen molar-refractivity contribution in [2.75, 3.05) is 13.1 Å². The third kappa shape index (κ3) is 2.12. The summed E-state index contributed by atoms with van der Waals surface area (Å²) in [5, 5.41) is 9.99. The van der Waals surface area contributed by atoms with E-state index in [0.29, 0.717) is 6.04 Å².